The maximum absolute atomic E-state index is 13.0. The van der Waals surface area contributed by atoms with Crippen LogP contribution in [0.25, 0.3) is 0 Å². The van der Waals surface area contributed by atoms with Crippen molar-refractivity contribution in [3.8, 4) is 0 Å². The molecule has 0 aliphatic rings. The molecule has 0 fully saturated rings. The molecule has 0 saturated heterocycles. The van der Waals surface area contributed by atoms with Gasteiger partial charge in [0.2, 0.25) is 0 Å². The molecule has 1 aromatic carbocycles. The van der Waals surface area contributed by atoms with Gasteiger partial charge >= 0.3 is 0 Å². The first-order valence-electron chi connectivity index (χ1n) is 4.46. The van der Waals surface area contributed by atoms with Crippen LogP contribution in [0.4, 0.5) is 4.39 Å². The van der Waals surface area contributed by atoms with Gasteiger partial charge in [0.15, 0.2) is 0 Å². The summed E-state index contributed by atoms with van der Waals surface area (Å²) in [5.74, 6) is 0.670. The summed E-state index contributed by atoms with van der Waals surface area (Å²) in [6.45, 7) is 6.48. The number of rotatable bonds is 2. The fourth-order valence-electron chi connectivity index (χ4n) is 0.994. The van der Waals surface area contributed by atoms with Crippen molar-refractivity contribution < 1.29 is 4.39 Å². The highest BCUT2D eigenvalue weighted by molar-refractivity contribution is 9.10. The summed E-state index contributed by atoms with van der Waals surface area (Å²) in [6, 6.07) is 5.02. The second-order valence-corrected chi connectivity index (χ2v) is 6.90. The molecule has 1 aromatic rings. The summed E-state index contributed by atoms with van der Waals surface area (Å²) in [6.07, 6.45) is 0. The summed E-state index contributed by atoms with van der Waals surface area (Å²) in [5, 5.41) is 0. The normalized spacial score (nSPS) is 11.8. The molecule has 0 heterocycles. The lowest BCUT2D eigenvalue weighted by molar-refractivity contribution is 0.625. The van der Waals surface area contributed by atoms with Crippen molar-refractivity contribution in [2.24, 2.45) is 0 Å². The summed E-state index contributed by atoms with van der Waals surface area (Å²) in [5.41, 5.74) is 1.02. The van der Waals surface area contributed by atoms with Crippen LogP contribution in [0.5, 0.6) is 0 Å². The molecule has 0 radical (unpaired) electrons. The molecule has 0 aromatic heterocycles. The molecule has 14 heavy (non-hydrogen) atoms. The Hall–Kier alpha value is -0.0200. The smallest absolute Gasteiger partial charge is 0.124 e. The first-order valence-corrected chi connectivity index (χ1v) is 6.23. The molecule has 0 aliphatic heterocycles. The van der Waals surface area contributed by atoms with E-state index in [2.05, 4.69) is 36.7 Å². The fourth-order valence-corrected chi connectivity index (χ4v) is 2.27. The fraction of sp³-hybridized carbons (Fsp3) is 0.455. The van der Waals surface area contributed by atoms with E-state index in [4.69, 9.17) is 0 Å². The van der Waals surface area contributed by atoms with Crippen molar-refractivity contribution in [2.45, 2.75) is 31.3 Å². The summed E-state index contributed by atoms with van der Waals surface area (Å²) in [4.78, 5) is 0. The van der Waals surface area contributed by atoms with E-state index in [0.717, 1.165) is 15.8 Å². The monoisotopic (exact) mass is 276 g/mol. The molecule has 0 aliphatic carbocycles. The maximum atomic E-state index is 13.0. The number of hydrogen-bond acceptors (Lipinski definition) is 1. The average Bonchev–Trinajstić information content (AvgIpc) is 1.97. The molecular formula is C11H14BrFS. The Bertz CT molecular complexity index is 297. The molecule has 0 N–H and O–H groups in total. The van der Waals surface area contributed by atoms with Crippen molar-refractivity contribution in [1.29, 1.82) is 0 Å². The van der Waals surface area contributed by atoms with Gasteiger partial charge in [0, 0.05) is 15.0 Å². The van der Waals surface area contributed by atoms with Gasteiger partial charge in [0.05, 0.1) is 0 Å². The third kappa shape index (κ3) is 4.47. The Balaban J connectivity index is 2.68. The second kappa shape index (κ2) is 4.67. The van der Waals surface area contributed by atoms with Crippen LogP contribution in [0, 0.1) is 5.82 Å². The first-order chi connectivity index (χ1) is 6.37. The Morgan fingerprint density at radius 1 is 1.29 bits per heavy atom. The average molecular weight is 277 g/mol. The number of thioether (sulfide) groups is 1. The zero-order valence-electron chi connectivity index (χ0n) is 8.60. The van der Waals surface area contributed by atoms with Crippen molar-refractivity contribution in [2.75, 3.05) is 0 Å². The van der Waals surface area contributed by atoms with Gasteiger partial charge in [-0.25, -0.2) is 4.39 Å². The molecule has 0 bridgehead atoms. The van der Waals surface area contributed by atoms with Crippen molar-refractivity contribution >= 4 is 27.7 Å². The molecule has 0 nitrogen and oxygen atoms in total. The van der Waals surface area contributed by atoms with Gasteiger partial charge in [0.1, 0.15) is 5.82 Å². The Kier molecular flexibility index (Phi) is 4.02. The molecule has 0 amide bonds. The van der Waals surface area contributed by atoms with Crippen LogP contribution < -0.4 is 0 Å². The van der Waals surface area contributed by atoms with E-state index >= 15 is 0 Å². The number of benzene rings is 1. The lowest BCUT2D eigenvalue weighted by atomic mass is 10.2. The summed E-state index contributed by atoms with van der Waals surface area (Å²) in [7, 11) is 0. The predicted octanol–water partition coefficient (Wildman–Crippen LogP) is 4.62. The van der Waals surface area contributed by atoms with Gasteiger partial charge in [-0.05, 0) is 23.8 Å². The van der Waals surface area contributed by atoms with Crippen LogP contribution in [-0.2, 0) is 5.75 Å². The van der Waals surface area contributed by atoms with Gasteiger partial charge < -0.3 is 0 Å². The van der Waals surface area contributed by atoms with Crippen LogP contribution in [0.15, 0.2) is 22.7 Å². The molecular weight excluding hydrogens is 263 g/mol. The van der Waals surface area contributed by atoms with E-state index in [9.17, 15) is 4.39 Å². The van der Waals surface area contributed by atoms with Crippen molar-refractivity contribution in [3.63, 3.8) is 0 Å². The molecule has 0 atom stereocenters. The highest BCUT2D eigenvalue weighted by atomic mass is 79.9. The van der Waals surface area contributed by atoms with E-state index in [1.807, 2.05) is 17.8 Å². The van der Waals surface area contributed by atoms with E-state index in [-0.39, 0.29) is 10.6 Å². The molecule has 0 unspecified atom stereocenters. The van der Waals surface area contributed by atoms with E-state index in [1.54, 1.807) is 6.07 Å². The zero-order valence-corrected chi connectivity index (χ0v) is 11.0. The van der Waals surface area contributed by atoms with E-state index < -0.39 is 0 Å². The van der Waals surface area contributed by atoms with Gasteiger partial charge in [0.25, 0.3) is 0 Å². The SMILES string of the molecule is CC(C)(C)SCc1cc(F)cc(Br)c1. The molecule has 0 spiro atoms. The highest BCUT2D eigenvalue weighted by Gasteiger charge is 2.10. The first kappa shape index (κ1) is 12.1. The largest absolute Gasteiger partial charge is 0.207 e. The minimum absolute atomic E-state index is 0.177. The third-order valence-electron chi connectivity index (χ3n) is 1.59. The Labute approximate surface area is 97.4 Å². The van der Waals surface area contributed by atoms with Crippen molar-refractivity contribution in [1.82, 2.24) is 0 Å². The quantitative estimate of drug-likeness (QED) is 0.760. The van der Waals surface area contributed by atoms with Crippen LogP contribution >= 0.6 is 27.7 Å². The minimum Gasteiger partial charge on any atom is -0.207 e. The standard InChI is InChI=1S/C11H14BrFS/c1-11(2,3)14-7-8-4-9(12)6-10(13)5-8/h4-6H,7H2,1-3H3. The molecule has 0 saturated carbocycles. The molecule has 78 valence electrons. The van der Waals surface area contributed by atoms with Crippen LogP contribution in [-0.4, -0.2) is 4.75 Å². The lowest BCUT2D eigenvalue weighted by Gasteiger charge is -2.17. The summed E-state index contributed by atoms with van der Waals surface area (Å²) < 4.78 is 14.0. The maximum Gasteiger partial charge on any atom is 0.124 e. The number of hydrogen-bond donors (Lipinski definition) is 0. The van der Waals surface area contributed by atoms with E-state index in [1.165, 1.54) is 6.07 Å². The van der Waals surface area contributed by atoms with Crippen LogP contribution in [0.1, 0.15) is 26.3 Å². The van der Waals surface area contributed by atoms with Crippen LogP contribution in [0.3, 0.4) is 0 Å². The van der Waals surface area contributed by atoms with Gasteiger partial charge in [-0.3, -0.25) is 0 Å². The highest BCUT2D eigenvalue weighted by Crippen LogP contribution is 2.28. The number of halogens is 2. The van der Waals surface area contributed by atoms with Gasteiger partial charge in [-0.1, -0.05) is 36.7 Å². The zero-order chi connectivity index (χ0) is 10.8. The van der Waals surface area contributed by atoms with E-state index in [0.29, 0.717) is 0 Å². The Morgan fingerprint density at radius 3 is 2.43 bits per heavy atom. The lowest BCUT2D eigenvalue weighted by Crippen LogP contribution is -2.07. The van der Waals surface area contributed by atoms with Gasteiger partial charge in [-0.15, -0.1) is 0 Å². The summed E-state index contributed by atoms with van der Waals surface area (Å²) >= 11 is 5.10. The predicted molar refractivity (Wildman–Crippen MR) is 65.1 cm³/mol. The van der Waals surface area contributed by atoms with Crippen molar-refractivity contribution in [3.05, 3.63) is 34.1 Å². The molecule has 3 heteroatoms. The second-order valence-electron chi connectivity index (χ2n) is 4.18. The minimum atomic E-state index is -0.177. The molecule has 1 rings (SSSR count). The topological polar surface area (TPSA) is 0 Å². The van der Waals surface area contributed by atoms with Gasteiger partial charge in [-0.2, -0.15) is 11.8 Å². The Morgan fingerprint density at radius 2 is 1.93 bits per heavy atom. The van der Waals surface area contributed by atoms with Crippen LogP contribution in [0.2, 0.25) is 0 Å². The third-order valence-corrected chi connectivity index (χ3v) is 3.40.